The number of rotatable bonds is 5. The molecule has 30 heavy (non-hydrogen) atoms. The van der Waals surface area contributed by atoms with E-state index in [1.54, 1.807) is 17.2 Å². The highest BCUT2D eigenvalue weighted by atomic mass is 32.1. The second-order valence-electron chi connectivity index (χ2n) is 7.08. The normalized spacial score (nSPS) is 15.1. The number of aryl methyl sites for hydroxylation is 1. The van der Waals surface area contributed by atoms with E-state index >= 15 is 0 Å². The summed E-state index contributed by atoms with van der Waals surface area (Å²) in [5, 5.41) is 16.2. The second-order valence-corrected chi connectivity index (χ2v) is 8.26. The number of halogens is 2. The van der Waals surface area contributed by atoms with Crippen molar-refractivity contribution in [2.45, 2.75) is 32.2 Å². The van der Waals surface area contributed by atoms with E-state index in [9.17, 15) is 13.6 Å². The molecule has 8 nitrogen and oxygen atoms in total. The lowest BCUT2D eigenvalue weighted by Gasteiger charge is -2.32. The number of aromatic nitrogens is 4. The van der Waals surface area contributed by atoms with Crippen LogP contribution >= 0.6 is 11.3 Å². The Labute approximate surface area is 175 Å². The number of hydrogen-bond acceptors (Lipinski definition) is 7. The molecule has 0 saturated carbocycles. The number of urea groups is 1. The molecule has 1 aliphatic rings. The number of pyridine rings is 2. The lowest BCUT2D eigenvalue weighted by atomic mass is 10.1. The molecule has 158 valence electrons. The van der Waals surface area contributed by atoms with E-state index in [0.29, 0.717) is 37.3 Å². The first kappa shape index (κ1) is 20.5. The second kappa shape index (κ2) is 8.92. The summed E-state index contributed by atoms with van der Waals surface area (Å²) >= 11 is 1.46. The molecule has 0 unspecified atom stereocenters. The van der Waals surface area contributed by atoms with E-state index < -0.39 is 6.43 Å². The molecule has 3 aromatic heterocycles. The van der Waals surface area contributed by atoms with Crippen LogP contribution in [0.4, 0.5) is 19.4 Å². The van der Waals surface area contributed by atoms with Crippen molar-refractivity contribution < 1.29 is 13.6 Å². The van der Waals surface area contributed by atoms with Crippen LogP contribution in [-0.4, -0.2) is 63.2 Å². The molecule has 0 aromatic carbocycles. The fraction of sp³-hybridized carbons (Fsp3) is 0.421. The van der Waals surface area contributed by atoms with Crippen molar-refractivity contribution in [3.8, 4) is 10.7 Å². The van der Waals surface area contributed by atoms with E-state index in [1.807, 2.05) is 19.1 Å². The minimum atomic E-state index is -2.37. The maximum absolute atomic E-state index is 12.6. The van der Waals surface area contributed by atoms with E-state index in [2.05, 4.69) is 30.8 Å². The number of carbonyl (C=O) groups excluding carboxylic acids is 1. The van der Waals surface area contributed by atoms with Gasteiger partial charge in [-0.25, -0.2) is 23.5 Å². The molecule has 1 fully saturated rings. The van der Waals surface area contributed by atoms with Gasteiger partial charge in [-0.05, 0) is 31.9 Å². The average Bonchev–Trinajstić information content (AvgIpc) is 3.18. The van der Waals surface area contributed by atoms with Gasteiger partial charge in [0.05, 0.1) is 12.1 Å². The Balaban J connectivity index is 1.40. The SMILES string of the molecule is Cc1nnc(-c2ccc3cnc(NC(=O)N4CCC(NCC(F)F)CC4)cc3n2)s1. The molecule has 1 aliphatic heterocycles. The molecule has 11 heteroatoms. The molecule has 4 heterocycles. The molecule has 4 rings (SSSR count). The summed E-state index contributed by atoms with van der Waals surface area (Å²) in [6, 6.07) is 5.25. The highest BCUT2D eigenvalue weighted by Crippen LogP contribution is 2.24. The zero-order chi connectivity index (χ0) is 21.1. The van der Waals surface area contributed by atoms with Gasteiger partial charge in [-0.1, -0.05) is 11.3 Å². The van der Waals surface area contributed by atoms with Gasteiger partial charge in [0, 0.05) is 36.8 Å². The molecule has 3 aromatic rings. The number of likely N-dealkylation sites (tertiary alicyclic amines) is 1. The lowest BCUT2D eigenvalue weighted by molar-refractivity contribution is 0.132. The summed E-state index contributed by atoms with van der Waals surface area (Å²) in [6.45, 7) is 2.57. The van der Waals surface area contributed by atoms with E-state index in [-0.39, 0.29) is 18.6 Å². The number of fused-ring (bicyclic) bond motifs is 1. The van der Waals surface area contributed by atoms with Crippen LogP contribution in [0.15, 0.2) is 24.4 Å². The van der Waals surface area contributed by atoms with Gasteiger partial charge in [-0.15, -0.1) is 10.2 Å². The number of anilines is 1. The number of nitrogens with zero attached hydrogens (tertiary/aromatic N) is 5. The van der Waals surface area contributed by atoms with Crippen LogP contribution in [-0.2, 0) is 0 Å². The lowest BCUT2D eigenvalue weighted by Crippen LogP contribution is -2.47. The van der Waals surface area contributed by atoms with Crippen LogP contribution in [0, 0.1) is 6.92 Å². The third kappa shape index (κ3) is 4.85. The third-order valence-electron chi connectivity index (χ3n) is 4.90. The van der Waals surface area contributed by atoms with Gasteiger partial charge in [0.15, 0.2) is 5.01 Å². The summed E-state index contributed by atoms with van der Waals surface area (Å²) in [5.74, 6) is 0.406. The summed E-state index contributed by atoms with van der Waals surface area (Å²) < 4.78 is 24.6. The average molecular weight is 433 g/mol. The Morgan fingerprint density at radius 3 is 2.80 bits per heavy atom. The van der Waals surface area contributed by atoms with Gasteiger partial charge < -0.3 is 10.2 Å². The van der Waals surface area contributed by atoms with E-state index in [4.69, 9.17) is 0 Å². The third-order valence-corrected chi connectivity index (χ3v) is 5.76. The number of nitrogens with one attached hydrogen (secondary N) is 2. The highest BCUT2D eigenvalue weighted by molar-refractivity contribution is 7.14. The van der Waals surface area contributed by atoms with Gasteiger partial charge in [0.1, 0.15) is 16.5 Å². The minimum absolute atomic E-state index is 0.00783. The summed E-state index contributed by atoms with van der Waals surface area (Å²) in [7, 11) is 0. The minimum Gasteiger partial charge on any atom is -0.324 e. The van der Waals surface area contributed by atoms with Crippen molar-refractivity contribution in [3.05, 3.63) is 29.4 Å². The van der Waals surface area contributed by atoms with Crippen LogP contribution in [0.1, 0.15) is 17.8 Å². The fourth-order valence-electron chi connectivity index (χ4n) is 3.33. The van der Waals surface area contributed by atoms with Crippen molar-refractivity contribution in [1.82, 2.24) is 30.4 Å². The maximum Gasteiger partial charge on any atom is 0.323 e. The zero-order valence-electron chi connectivity index (χ0n) is 16.3. The van der Waals surface area contributed by atoms with Crippen LogP contribution in [0.5, 0.6) is 0 Å². The Morgan fingerprint density at radius 2 is 2.10 bits per heavy atom. The molecule has 1 saturated heterocycles. The van der Waals surface area contributed by atoms with Crippen molar-refractivity contribution in [2.75, 3.05) is 25.0 Å². The van der Waals surface area contributed by atoms with E-state index in [1.165, 1.54) is 11.3 Å². The molecular formula is C19H21F2N7OS. The molecule has 0 aliphatic carbocycles. The Kier molecular flexibility index (Phi) is 6.09. The summed E-state index contributed by atoms with van der Waals surface area (Å²) in [4.78, 5) is 23.1. The predicted molar refractivity (Wildman–Crippen MR) is 111 cm³/mol. The van der Waals surface area contributed by atoms with Gasteiger partial charge in [-0.2, -0.15) is 0 Å². The Morgan fingerprint density at radius 1 is 1.30 bits per heavy atom. The predicted octanol–water partition coefficient (Wildman–Crippen LogP) is 3.31. The number of amides is 2. The number of piperidine rings is 1. The van der Waals surface area contributed by atoms with Crippen LogP contribution < -0.4 is 10.6 Å². The van der Waals surface area contributed by atoms with Crippen LogP contribution in [0.3, 0.4) is 0 Å². The quantitative estimate of drug-likeness (QED) is 0.641. The largest absolute Gasteiger partial charge is 0.324 e. The molecule has 0 spiro atoms. The first-order valence-corrected chi connectivity index (χ1v) is 10.4. The molecule has 0 radical (unpaired) electrons. The Bertz CT molecular complexity index is 1040. The van der Waals surface area contributed by atoms with Gasteiger partial charge >= 0.3 is 6.03 Å². The first-order valence-electron chi connectivity index (χ1n) is 9.62. The van der Waals surface area contributed by atoms with Crippen LogP contribution in [0.2, 0.25) is 0 Å². The molecule has 0 bridgehead atoms. The first-order chi connectivity index (χ1) is 14.5. The topological polar surface area (TPSA) is 95.9 Å². The van der Waals surface area contributed by atoms with E-state index in [0.717, 1.165) is 21.1 Å². The smallest absolute Gasteiger partial charge is 0.323 e. The van der Waals surface area contributed by atoms with Gasteiger partial charge in [-0.3, -0.25) is 5.32 Å². The highest BCUT2D eigenvalue weighted by Gasteiger charge is 2.23. The number of alkyl halides is 2. The molecular weight excluding hydrogens is 412 g/mol. The van der Waals surface area contributed by atoms with Crippen molar-refractivity contribution >= 4 is 34.1 Å². The molecule has 2 amide bonds. The zero-order valence-corrected chi connectivity index (χ0v) is 17.1. The number of hydrogen-bond donors (Lipinski definition) is 2. The fourth-order valence-corrected chi connectivity index (χ4v) is 4.00. The van der Waals surface area contributed by atoms with Gasteiger partial charge in [0.2, 0.25) is 0 Å². The van der Waals surface area contributed by atoms with Crippen molar-refractivity contribution in [1.29, 1.82) is 0 Å². The standard InChI is InChI=1S/C19H21F2N7OS/c1-11-26-27-18(30-11)14-3-2-12-9-23-17(8-15(12)24-14)25-19(29)28-6-4-13(5-7-28)22-10-16(20)21/h2-3,8-9,13,16,22H,4-7,10H2,1H3,(H,23,25,29). The summed E-state index contributed by atoms with van der Waals surface area (Å²) in [5.41, 5.74) is 1.41. The monoisotopic (exact) mass is 433 g/mol. The van der Waals surface area contributed by atoms with Gasteiger partial charge in [0.25, 0.3) is 6.43 Å². The molecule has 2 N–H and O–H groups in total. The maximum atomic E-state index is 12.6. The van der Waals surface area contributed by atoms with Crippen molar-refractivity contribution in [2.24, 2.45) is 0 Å². The van der Waals surface area contributed by atoms with Crippen LogP contribution in [0.25, 0.3) is 21.6 Å². The Hall–Kier alpha value is -2.79. The molecule has 0 atom stereocenters. The van der Waals surface area contributed by atoms with Crippen molar-refractivity contribution in [3.63, 3.8) is 0 Å². The number of carbonyl (C=O) groups is 1. The summed E-state index contributed by atoms with van der Waals surface area (Å²) in [6.07, 6.45) is 0.568.